The Labute approximate surface area is 153 Å². The van der Waals surface area contributed by atoms with Crippen LogP contribution in [0.15, 0.2) is 4.52 Å². The van der Waals surface area contributed by atoms with Crippen LogP contribution in [0.3, 0.4) is 0 Å². The second kappa shape index (κ2) is 7.25. The van der Waals surface area contributed by atoms with Crippen molar-refractivity contribution in [2.75, 3.05) is 19.6 Å². The van der Waals surface area contributed by atoms with E-state index in [1.165, 1.54) is 0 Å². The first-order valence-electron chi connectivity index (χ1n) is 9.33. The van der Waals surface area contributed by atoms with Gasteiger partial charge >= 0.3 is 6.09 Å². The highest BCUT2D eigenvalue weighted by atomic mass is 16.6. The molecule has 2 aliphatic heterocycles. The van der Waals surface area contributed by atoms with E-state index in [1.807, 2.05) is 25.7 Å². The summed E-state index contributed by atoms with van der Waals surface area (Å²) in [4.78, 5) is 33.2. The van der Waals surface area contributed by atoms with Gasteiger partial charge in [-0.05, 0) is 53.4 Å². The first kappa shape index (κ1) is 18.7. The predicted octanol–water partition coefficient (Wildman–Crippen LogP) is 2.48. The number of rotatable bonds is 2. The third-order valence-corrected chi connectivity index (χ3v) is 4.79. The van der Waals surface area contributed by atoms with Crippen molar-refractivity contribution in [2.45, 2.75) is 70.9 Å². The smallest absolute Gasteiger partial charge is 0.410 e. The molecule has 0 N–H and O–H groups in total. The number of amides is 2. The Morgan fingerprint density at radius 1 is 1.19 bits per heavy atom. The van der Waals surface area contributed by atoms with Gasteiger partial charge in [-0.15, -0.1) is 0 Å². The zero-order valence-corrected chi connectivity index (χ0v) is 16.0. The van der Waals surface area contributed by atoms with Gasteiger partial charge in [0.15, 0.2) is 5.82 Å². The number of carbonyl (C=O) groups is 2. The number of hydrogen-bond donors (Lipinski definition) is 0. The van der Waals surface area contributed by atoms with Crippen molar-refractivity contribution in [3.05, 3.63) is 11.7 Å². The van der Waals surface area contributed by atoms with Gasteiger partial charge < -0.3 is 14.2 Å². The van der Waals surface area contributed by atoms with Crippen molar-refractivity contribution in [3.8, 4) is 0 Å². The molecule has 3 rings (SSSR count). The second-order valence-electron chi connectivity index (χ2n) is 8.13. The molecule has 2 amide bonds. The highest BCUT2D eigenvalue weighted by Crippen LogP contribution is 2.28. The monoisotopic (exact) mass is 364 g/mol. The maximum atomic E-state index is 13.1. The summed E-state index contributed by atoms with van der Waals surface area (Å²) >= 11 is 0. The number of aryl methyl sites for hydroxylation is 1. The molecule has 2 atom stereocenters. The fourth-order valence-electron chi connectivity index (χ4n) is 3.63. The molecule has 2 aliphatic rings. The molecule has 0 spiro atoms. The van der Waals surface area contributed by atoms with Crippen LogP contribution in [0, 0.1) is 6.92 Å². The largest absolute Gasteiger partial charge is 0.444 e. The number of ether oxygens (including phenoxy) is 1. The third kappa shape index (κ3) is 4.16. The second-order valence-corrected chi connectivity index (χ2v) is 8.13. The van der Waals surface area contributed by atoms with E-state index in [-0.39, 0.29) is 11.8 Å². The van der Waals surface area contributed by atoms with Gasteiger partial charge in [0, 0.05) is 19.6 Å². The summed E-state index contributed by atoms with van der Waals surface area (Å²) in [5.74, 6) is 1.25. The lowest BCUT2D eigenvalue weighted by atomic mass is 9.97. The minimum Gasteiger partial charge on any atom is -0.444 e. The molecule has 2 fully saturated rings. The van der Waals surface area contributed by atoms with Crippen LogP contribution in [0.25, 0.3) is 0 Å². The van der Waals surface area contributed by atoms with Crippen LogP contribution in [-0.4, -0.2) is 63.2 Å². The van der Waals surface area contributed by atoms with E-state index in [0.717, 1.165) is 19.3 Å². The maximum Gasteiger partial charge on any atom is 0.410 e. The van der Waals surface area contributed by atoms with Crippen LogP contribution in [0.2, 0.25) is 0 Å². The fraction of sp³-hybridized carbons (Fsp3) is 0.778. The highest BCUT2D eigenvalue weighted by Gasteiger charge is 2.40. The van der Waals surface area contributed by atoms with Crippen LogP contribution < -0.4 is 0 Å². The van der Waals surface area contributed by atoms with E-state index in [2.05, 4.69) is 10.1 Å². The van der Waals surface area contributed by atoms with Crippen molar-refractivity contribution < 1.29 is 18.8 Å². The van der Waals surface area contributed by atoms with Gasteiger partial charge in [-0.3, -0.25) is 9.69 Å². The number of aromatic nitrogens is 2. The summed E-state index contributed by atoms with van der Waals surface area (Å²) in [6.07, 6.45) is 2.90. The van der Waals surface area contributed by atoms with Crippen molar-refractivity contribution in [2.24, 2.45) is 0 Å². The molecule has 1 aromatic heterocycles. The number of carbonyl (C=O) groups excluding carboxylic acids is 2. The Morgan fingerprint density at radius 2 is 1.92 bits per heavy atom. The average molecular weight is 364 g/mol. The summed E-state index contributed by atoms with van der Waals surface area (Å²) in [5, 5.41) is 3.85. The van der Waals surface area contributed by atoms with Crippen molar-refractivity contribution in [1.82, 2.24) is 19.9 Å². The summed E-state index contributed by atoms with van der Waals surface area (Å²) in [5.41, 5.74) is -0.570. The predicted molar refractivity (Wildman–Crippen MR) is 93.6 cm³/mol. The topological polar surface area (TPSA) is 88.8 Å². The van der Waals surface area contributed by atoms with Gasteiger partial charge in [0.05, 0.1) is 5.92 Å². The van der Waals surface area contributed by atoms with Crippen LogP contribution in [0.4, 0.5) is 4.79 Å². The molecule has 3 heterocycles. The summed E-state index contributed by atoms with van der Waals surface area (Å²) in [6, 6.07) is -0.437. The quantitative estimate of drug-likeness (QED) is 0.801. The van der Waals surface area contributed by atoms with E-state index in [4.69, 9.17) is 9.26 Å². The van der Waals surface area contributed by atoms with E-state index in [0.29, 0.717) is 37.8 Å². The Kier molecular flexibility index (Phi) is 5.20. The first-order chi connectivity index (χ1) is 12.2. The first-order valence-corrected chi connectivity index (χ1v) is 9.33. The molecule has 0 bridgehead atoms. The molecule has 26 heavy (non-hydrogen) atoms. The van der Waals surface area contributed by atoms with Crippen molar-refractivity contribution >= 4 is 12.0 Å². The number of piperidine rings is 1. The maximum absolute atomic E-state index is 13.1. The molecule has 8 heteroatoms. The molecule has 2 saturated heterocycles. The van der Waals surface area contributed by atoms with E-state index < -0.39 is 17.7 Å². The lowest BCUT2D eigenvalue weighted by Gasteiger charge is -2.35. The van der Waals surface area contributed by atoms with Crippen molar-refractivity contribution in [1.29, 1.82) is 0 Å². The van der Waals surface area contributed by atoms with Gasteiger partial charge in [0.2, 0.25) is 11.8 Å². The van der Waals surface area contributed by atoms with Crippen LogP contribution in [0.5, 0.6) is 0 Å². The number of likely N-dealkylation sites (tertiary alicyclic amines) is 2. The number of hydrogen-bond acceptors (Lipinski definition) is 6. The van der Waals surface area contributed by atoms with Gasteiger partial charge in [0.1, 0.15) is 11.6 Å². The summed E-state index contributed by atoms with van der Waals surface area (Å²) in [6.45, 7) is 9.10. The van der Waals surface area contributed by atoms with E-state index >= 15 is 0 Å². The summed E-state index contributed by atoms with van der Waals surface area (Å²) < 4.78 is 10.8. The molecule has 8 nitrogen and oxygen atoms in total. The average Bonchev–Trinajstić information content (AvgIpc) is 3.21. The Bertz CT molecular complexity index is 666. The van der Waals surface area contributed by atoms with E-state index in [1.54, 1.807) is 11.8 Å². The molecular formula is C18H28N4O4. The molecule has 0 radical (unpaired) electrons. The summed E-state index contributed by atoms with van der Waals surface area (Å²) in [7, 11) is 0. The lowest BCUT2D eigenvalue weighted by molar-refractivity contribution is -0.137. The van der Waals surface area contributed by atoms with Gasteiger partial charge in [-0.1, -0.05) is 5.16 Å². The normalized spacial score (nSPS) is 24.0. The third-order valence-electron chi connectivity index (χ3n) is 4.79. The molecule has 0 aliphatic carbocycles. The lowest BCUT2D eigenvalue weighted by Crippen LogP contribution is -2.51. The fourth-order valence-corrected chi connectivity index (χ4v) is 3.63. The van der Waals surface area contributed by atoms with Gasteiger partial charge in [-0.25, -0.2) is 4.79 Å². The molecule has 1 aromatic rings. The molecule has 0 aromatic carbocycles. The highest BCUT2D eigenvalue weighted by molar-refractivity contribution is 5.86. The zero-order valence-electron chi connectivity index (χ0n) is 16.0. The van der Waals surface area contributed by atoms with Gasteiger partial charge in [0.25, 0.3) is 0 Å². The van der Waals surface area contributed by atoms with Crippen LogP contribution >= 0.6 is 0 Å². The van der Waals surface area contributed by atoms with Crippen LogP contribution in [-0.2, 0) is 9.53 Å². The SMILES string of the molecule is Cc1noc(C2CCCN(C(=O)C3CCCN3C(=O)OC(C)(C)C)C2)n1. The molecule has 0 saturated carbocycles. The van der Waals surface area contributed by atoms with Crippen molar-refractivity contribution in [3.63, 3.8) is 0 Å². The Balaban J connectivity index is 1.66. The molecular weight excluding hydrogens is 336 g/mol. The molecule has 144 valence electrons. The van der Waals surface area contributed by atoms with Crippen LogP contribution in [0.1, 0.15) is 64.1 Å². The standard InChI is InChI=1S/C18H28N4O4/c1-12-19-15(26-20-12)13-7-5-9-21(11-13)16(23)14-8-6-10-22(14)17(24)25-18(2,3)4/h13-14H,5-11H2,1-4H3. The molecule has 2 unspecified atom stereocenters. The number of nitrogens with zero attached hydrogens (tertiary/aromatic N) is 4. The Morgan fingerprint density at radius 3 is 2.58 bits per heavy atom. The van der Waals surface area contributed by atoms with Gasteiger partial charge in [-0.2, -0.15) is 4.98 Å². The zero-order chi connectivity index (χ0) is 18.9. The van der Waals surface area contributed by atoms with E-state index in [9.17, 15) is 9.59 Å². The Hall–Kier alpha value is -2.12. The minimum atomic E-state index is -0.570. The minimum absolute atomic E-state index is 0.00528.